The molecule has 2 heteroatoms. The molecule has 1 amide bonds. The monoisotopic (exact) mass is 257 g/mol. The predicted octanol–water partition coefficient (Wildman–Crippen LogP) is 3.88. The standard InChI is InChI=1S/C17H23NO/c1-3-16-11-7-8-12-18(16)17(19)14(2)13-15-9-5-4-6-10-15/h4-6,9-10,13,16H,3,7-8,11-12H2,1-2H3/b14-13-/t16-/m1/s1. The van der Waals surface area contributed by atoms with Crippen molar-refractivity contribution in [2.24, 2.45) is 0 Å². The van der Waals surface area contributed by atoms with Gasteiger partial charge in [0.15, 0.2) is 0 Å². The molecule has 2 nitrogen and oxygen atoms in total. The van der Waals surface area contributed by atoms with Crippen LogP contribution in [-0.2, 0) is 4.79 Å². The molecule has 1 aromatic rings. The summed E-state index contributed by atoms with van der Waals surface area (Å²) in [6.07, 6.45) is 6.60. The second-order valence-electron chi connectivity index (χ2n) is 5.29. The first-order chi connectivity index (χ1) is 9.22. The van der Waals surface area contributed by atoms with Crippen molar-refractivity contribution in [2.45, 2.75) is 45.6 Å². The van der Waals surface area contributed by atoms with Crippen LogP contribution in [0.2, 0.25) is 0 Å². The number of amides is 1. The maximum Gasteiger partial charge on any atom is 0.249 e. The van der Waals surface area contributed by atoms with E-state index in [1.165, 1.54) is 6.42 Å². The van der Waals surface area contributed by atoms with Gasteiger partial charge in [0, 0.05) is 18.2 Å². The summed E-state index contributed by atoms with van der Waals surface area (Å²) in [6, 6.07) is 10.5. The third-order valence-electron chi connectivity index (χ3n) is 3.88. The highest BCUT2D eigenvalue weighted by Crippen LogP contribution is 2.22. The highest BCUT2D eigenvalue weighted by molar-refractivity contribution is 5.97. The lowest BCUT2D eigenvalue weighted by Crippen LogP contribution is -2.43. The average molecular weight is 257 g/mol. The maximum absolute atomic E-state index is 12.5. The molecule has 0 spiro atoms. The van der Waals surface area contributed by atoms with Gasteiger partial charge in [0.25, 0.3) is 0 Å². The summed E-state index contributed by atoms with van der Waals surface area (Å²) in [4.78, 5) is 14.6. The zero-order chi connectivity index (χ0) is 13.7. The Morgan fingerprint density at radius 2 is 2.05 bits per heavy atom. The number of rotatable bonds is 3. The molecule has 1 aliphatic rings. The van der Waals surface area contributed by atoms with E-state index < -0.39 is 0 Å². The Balaban J connectivity index is 2.12. The zero-order valence-corrected chi connectivity index (χ0v) is 11.9. The van der Waals surface area contributed by atoms with Gasteiger partial charge in [0.1, 0.15) is 0 Å². The lowest BCUT2D eigenvalue weighted by Gasteiger charge is -2.35. The molecule has 0 unspecified atom stereocenters. The number of piperidine rings is 1. The summed E-state index contributed by atoms with van der Waals surface area (Å²) in [5.74, 6) is 0.204. The van der Waals surface area contributed by atoms with Crippen LogP contribution in [0, 0.1) is 0 Å². The molecule has 0 radical (unpaired) electrons. The fourth-order valence-corrected chi connectivity index (χ4v) is 2.78. The van der Waals surface area contributed by atoms with Crippen molar-refractivity contribution in [3.8, 4) is 0 Å². The lowest BCUT2D eigenvalue weighted by molar-refractivity contribution is -0.130. The van der Waals surface area contributed by atoms with Gasteiger partial charge in [0.2, 0.25) is 5.91 Å². The van der Waals surface area contributed by atoms with Crippen LogP contribution in [0.5, 0.6) is 0 Å². The normalized spacial score (nSPS) is 20.4. The summed E-state index contributed by atoms with van der Waals surface area (Å²) >= 11 is 0. The molecular weight excluding hydrogens is 234 g/mol. The van der Waals surface area contributed by atoms with Crippen LogP contribution in [0.15, 0.2) is 35.9 Å². The molecule has 0 aromatic heterocycles. The van der Waals surface area contributed by atoms with Crippen molar-refractivity contribution in [3.05, 3.63) is 41.5 Å². The summed E-state index contributed by atoms with van der Waals surface area (Å²) in [7, 11) is 0. The van der Waals surface area contributed by atoms with Crippen LogP contribution >= 0.6 is 0 Å². The van der Waals surface area contributed by atoms with Crippen LogP contribution in [0.4, 0.5) is 0 Å². The summed E-state index contributed by atoms with van der Waals surface area (Å²) in [5.41, 5.74) is 1.94. The van der Waals surface area contributed by atoms with Crippen molar-refractivity contribution in [3.63, 3.8) is 0 Å². The minimum atomic E-state index is 0.204. The summed E-state index contributed by atoms with van der Waals surface area (Å²) < 4.78 is 0. The van der Waals surface area contributed by atoms with Crippen molar-refractivity contribution >= 4 is 12.0 Å². The van der Waals surface area contributed by atoms with E-state index in [-0.39, 0.29) is 5.91 Å². The number of hydrogen-bond donors (Lipinski definition) is 0. The number of carbonyl (C=O) groups excluding carboxylic acids is 1. The van der Waals surface area contributed by atoms with Crippen LogP contribution in [0.25, 0.3) is 6.08 Å². The smallest absolute Gasteiger partial charge is 0.249 e. The number of likely N-dealkylation sites (tertiary alicyclic amines) is 1. The van der Waals surface area contributed by atoms with E-state index in [1.807, 2.05) is 43.3 Å². The Morgan fingerprint density at radius 3 is 2.74 bits per heavy atom. The highest BCUT2D eigenvalue weighted by atomic mass is 16.2. The van der Waals surface area contributed by atoms with E-state index in [2.05, 4.69) is 11.8 Å². The van der Waals surface area contributed by atoms with E-state index in [1.54, 1.807) is 0 Å². The van der Waals surface area contributed by atoms with Gasteiger partial charge in [0.05, 0.1) is 0 Å². The lowest BCUT2D eigenvalue weighted by atomic mass is 9.98. The van der Waals surface area contributed by atoms with Crippen LogP contribution in [0.1, 0.15) is 45.1 Å². The number of carbonyl (C=O) groups is 1. The molecule has 1 heterocycles. The average Bonchev–Trinajstić information content (AvgIpc) is 2.47. The molecule has 1 aliphatic heterocycles. The maximum atomic E-state index is 12.5. The van der Waals surface area contributed by atoms with E-state index in [0.717, 1.165) is 36.9 Å². The Morgan fingerprint density at radius 1 is 1.32 bits per heavy atom. The molecule has 0 saturated carbocycles. The quantitative estimate of drug-likeness (QED) is 0.752. The largest absolute Gasteiger partial charge is 0.336 e. The molecule has 1 atom stereocenters. The molecule has 1 fully saturated rings. The van der Waals surface area contributed by atoms with Crippen molar-refractivity contribution < 1.29 is 4.79 Å². The van der Waals surface area contributed by atoms with E-state index >= 15 is 0 Å². The fraction of sp³-hybridized carbons (Fsp3) is 0.471. The van der Waals surface area contributed by atoms with Crippen molar-refractivity contribution in [2.75, 3.05) is 6.54 Å². The van der Waals surface area contributed by atoms with Gasteiger partial charge in [-0.15, -0.1) is 0 Å². The topological polar surface area (TPSA) is 20.3 Å². The van der Waals surface area contributed by atoms with Gasteiger partial charge in [-0.1, -0.05) is 37.3 Å². The second kappa shape index (κ2) is 6.55. The summed E-state index contributed by atoms with van der Waals surface area (Å²) in [5, 5.41) is 0. The second-order valence-corrected chi connectivity index (χ2v) is 5.29. The van der Waals surface area contributed by atoms with Crippen LogP contribution in [0.3, 0.4) is 0 Å². The highest BCUT2D eigenvalue weighted by Gasteiger charge is 2.25. The van der Waals surface area contributed by atoms with Gasteiger partial charge in [-0.05, 0) is 44.2 Å². The Labute approximate surface area is 116 Å². The molecule has 102 valence electrons. The van der Waals surface area contributed by atoms with Crippen molar-refractivity contribution in [1.29, 1.82) is 0 Å². The van der Waals surface area contributed by atoms with Crippen LogP contribution in [-0.4, -0.2) is 23.4 Å². The SMILES string of the molecule is CC[C@@H]1CCCCN1C(=O)/C(C)=C\c1ccccc1. The molecule has 0 aliphatic carbocycles. The predicted molar refractivity (Wildman–Crippen MR) is 79.7 cm³/mol. The Bertz CT molecular complexity index is 450. The first-order valence-corrected chi connectivity index (χ1v) is 7.26. The van der Waals surface area contributed by atoms with Crippen LogP contribution < -0.4 is 0 Å². The Hall–Kier alpha value is -1.57. The molecule has 1 saturated heterocycles. The van der Waals surface area contributed by atoms with E-state index in [0.29, 0.717) is 6.04 Å². The van der Waals surface area contributed by atoms with E-state index in [9.17, 15) is 4.79 Å². The number of benzene rings is 1. The minimum Gasteiger partial charge on any atom is -0.336 e. The molecule has 1 aromatic carbocycles. The molecule has 19 heavy (non-hydrogen) atoms. The molecular formula is C17H23NO. The van der Waals surface area contributed by atoms with Gasteiger partial charge in [-0.3, -0.25) is 4.79 Å². The van der Waals surface area contributed by atoms with Crippen molar-refractivity contribution in [1.82, 2.24) is 4.90 Å². The number of hydrogen-bond acceptors (Lipinski definition) is 1. The first-order valence-electron chi connectivity index (χ1n) is 7.26. The first kappa shape index (κ1) is 13.9. The minimum absolute atomic E-state index is 0.204. The summed E-state index contributed by atoms with van der Waals surface area (Å²) in [6.45, 7) is 5.01. The molecule has 0 bridgehead atoms. The molecule has 2 rings (SSSR count). The fourth-order valence-electron chi connectivity index (χ4n) is 2.78. The number of nitrogens with zero attached hydrogens (tertiary/aromatic N) is 1. The van der Waals surface area contributed by atoms with Gasteiger partial charge < -0.3 is 4.90 Å². The van der Waals surface area contributed by atoms with E-state index in [4.69, 9.17) is 0 Å². The third kappa shape index (κ3) is 3.46. The molecule has 0 N–H and O–H groups in total. The van der Waals surface area contributed by atoms with Gasteiger partial charge >= 0.3 is 0 Å². The van der Waals surface area contributed by atoms with Gasteiger partial charge in [-0.25, -0.2) is 0 Å². The van der Waals surface area contributed by atoms with Gasteiger partial charge in [-0.2, -0.15) is 0 Å². The Kier molecular flexibility index (Phi) is 4.78. The third-order valence-corrected chi connectivity index (χ3v) is 3.88. The zero-order valence-electron chi connectivity index (χ0n) is 11.9.